The molecule has 3 heteroatoms. The summed E-state index contributed by atoms with van der Waals surface area (Å²) >= 11 is 0. The molecule has 0 bridgehead atoms. The number of hydrogen-bond acceptors (Lipinski definition) is 3. The number of phenols is 1. The second kappa shape index (κ2) is 3.39. The van der Waals surface area contributed by atoms with Gasteiger partial charge in [-0.15, -0.1) is 0 Å². The van der Waals surface area contributed by atoms with Gasteiger partial charge in [0.2, 0.25) is 0 Å². The van der Waals surface area contributed by atoms with Crippen molar-refractivity contribution in [1.29, 1.82) is 0 Å². The fourth-order valence-electron chi connectivity index (χ4n) is 1.12. The lowest BCUT2D eigenvalue weighted by atomic mass is 10.0. The highest BCUT2D eigenvalue weighted by Crippen LogP contribution is 2.21. The first-order valence-corrected chi connectivity index (χ1v) is 3.79. The van der Waals surface area contributed by atoms with Crippen molar-refractivity contribution in [1.82, 2.24) is 0 Å². The van der Waals surface area contributed by atoms with Gasteiger partial charge in [0.05, 0.1) is 5.56 Å². The molecule has 0 heterocycles. The minimum absolute atomic E-state index is 0.0509. The Morgan fingerprint density at radius 1 is 1.31 bits per heavy atom. The van der Waals surface area contributed by atoms with Crippen LogP contribution in [0.15, 0.2) is 12.1 Å². The molecule has 0 fully saturated rings. The summed E-state index contributed by atoms with van der Waals surface area (Å²) in [5, 5.41) is 9.32. The number of rotatable bonds is 2. The number of carbonyl (C=O) groups excluding carboxylic acids is 2. The van der Waals surface area contributed by atoms with Crippen LogP contribution in [0, 0.1) is 6.07 Å². The fourth-order valence-corrected chi connectivity index (χ4v) is 1.12. The maximum absolute atomic E-state index is 11.1. The Morgan fingerprint density at radius 3 is 2.31 bits per heavy atom. The summed E-state index contributed by atoms with van der Waals surface area (Å²) in [5.41, 5.74) is 0.197. The third kappa shape index (κ3) is 1.75. The lowest BCUT2D eigenvalue weighted by molar-refractivity contribution is 0.0978. The molecule has 0 unspecified atom stereocenters. The minimum Gasteiger partial charge on any atom is -0.507 e. The summed E-state index contributed by atoms with van der Waals surface area (Å²) in [5.74, 6) is -0.780. The van der Waals surface area contributed by atoms with E-state index in [1.165, 1.54) is 26.0 Å². The molecule has 0 aromatic heterocycles. The maximum Gasteiger partial charge on any atom is 0.164 e. The number of ketones is 2. The highest BCUT2D eigenvalue weighted by molar-refractivity contribution is 6.08. The van der Waals surface area contributed by atoms with Crippen molar-refractivity contribution < 1.29 is 14.7 Å². The summed E-state index contributed by atoms with van der Waals surface area (Å²) in [6.07, 6.45) is 0. The highest BCUT2D eigenvalue weighted by Gasteiger charge is 2.14. The molecule has 13 heavy (non-hydrogen) atoms. The van der Waals surface area contributed by atoms with Crippen LogP contribution in [0.5, 0.6) is 5.75 Å². The zero-order chi connectivity index (χ0) is 10.0. The predicted octanol–water partition coefficient (Wildman–Crippen LogP) is 1.60. The minimum atomic E-state index is -0.334. The Morgan fingerprint density at radius 2 is 1.92 bits per heavy atom. The van der Waals surface area contributed by atoms with E-state index in [0.717, 1.165) is 0 Å². The molecular formula is C10H9O3. The van der Waals surface area contributed by atoms with Gasteiger partial charge in [-0.05, 0) is 32.0 Å². The normalized spacial score (nSPS) is 9.69. The molecule has 67 valence electrons. The second-order valence-electron chi connectivity index (χ2n) is 2.73. The zero-order valence-corrected chi connectivity index (χ0v) is 7.42. The van der Waals surface area contributed by atoms with Crippen LogP contribution in [0.1, 0.15) is 34.6 Å². The lowest BCUT2D eigenvalue weighted by Gasteiger charge is -2.04. The van der Waals surface area contributed by atoms with Crippen LogP contribution in [0.25, 0.3) is 0 Å². The fraction of sp³-hybridized carbons (Fsp3) is 0.200. The Balaban J connectivity index is 3.43. The van der Waals surface area contributed by atoms with E-state index in [2.05, 4.69) is 6.07 Å². The van der Waals surface area contributed by atoms with Crippen molar-refractivity contribution in [3.05, 3.63) is 29.3 Å². The summed E-state index contributed by atoms with van der Waals surface area (Å²) in [7, 11) is 0. The summed E-state index contributed by atoms with van der Waals surface area (Å²) < 4.78 is 0. The van der Waals surface area contributed by atoms with Crippen molar-refractivity contribution in [3.8, 4) is 5.75 Å². The summed E-state index contributed by atoms with van der Waals surface area (Å²) in [6.45, 7) is 2.63. The van der Waals surface area contributed by atoms with Gasteiger partial charge in [0.15, 0.2) is 11.6 Å². The first-order chi connectivity index (χ1) is 6.04. The number of benzene rings is 1. The molecule has 0 aliphatic carbocycles. The van der Waals surface area contributed by atoms with E-state index in [9.17, 15) is 14.7 Å². The predicted molar refractivity (Wildman–Crippen MR) is 47.0 cm³/mol. The summed E-state index contributed by atoms with van der Waals surface area (Å²) in [6, 6.07) is 5.38. The van der Waals surface area contributed by atoms with Gasteiger partial charge >= 0.3 is 0 Å². The van der Waals surface area contributed by atoms with Crippen LogP contribution in [-0.2, 0) is 0 Å². The van der Waals surface area contributed by atoms with Gasteiger partial charge in [-0.1, -0.05) is 0 Å². The Labute approximate surface area is 76.0 Å². The third-order valence-electron chi connectivity index (χ3n) is 1.68. The molecule has 0 saturated carbocycles. The van der Waals surface area contributed by atoms with Crippen molar-refractivity contribution in [3.63, 3.8) is 0 Å². The van der Waals surface area contributed by atoms with Gasteiger partial charge in [0.25, 0.3) is 0 Å². The largest absolute Gasteiger partial charge is 0.507 e. The Kier molecular flexibility index (Phi) is 2.46. The van der Waals surface area contributed by atoms with Crippen LogP contribution in [0.3, 0.4) is 0 Å². The second-order valence-corrected chi connectivity index (χ2v) is 2.73. The topological polar surface area (TPSA) is 54.4 Å². The van der Waals surface area contributed by atoms with Crippen molar-refractivity contribution in [2.75, 3.05) is 0 Å². The van der Waals surface area contributed by atoms with Crippen LogP contribution < -0.4 is 0 Å². The number of Topliss-reactive ketones (excluding diaryl/α,β-unsaturated/α-hetero) is 2. The van der Waals surface area contributed by atoms with Gasteiger partial charge in [-0.25, -0.2) is 0 Å². The first kappa shape index (κ1) is 9.45. The van der Waals surface area contributed by atoms with Gasteiger partial charge in [-0.2, -0.15) is 0 Å². The average molecular weight is 177 g/mol. The SMILES string of the molecule is CC(=O)c1[c]ccc(O)c1C(C)=O. The smallest absolute Gasteiger partial charge is 0.164 e. The molecular weight excluding hydrogens is 168 g/mol. The molecule has 1 radical (unpaired) electrons. The van der Waals surface area contributed by atoms with E-state index < -0.39 is 0 Å². The molecule has 0 atom stereocenters. The summed E-state index contributed by atoms with van der Waals surface area (Å²) in [4.78, 5) is 22.1. The van der Waals surface area contributed by atoms with Gasteiger partial charge < -0.3 is 5.11 Å². The van der Waals surface area contributed by atoms with Crippen molar-refractivity contribution >= 4 is 11.6 Å². The van der Waals surface area contributed by atoms with E-state index in [1.807, 2.05) is 0 Å². The molecule has 3 nitrogen and oxygen atoms in total. The van der Waals surface area contributed by atoms with E-state index in [4.69, 9.17) is 0 Å². The Bertz CT molecular complexity index is 366. The molecule has 1 rings (SSSR count). The molecule has 0 aliphatic heterocycles. The first-order valence-electron chi connectivity index (χ1n) is 3.79. The molecule has 1 N–H and O–H groups in total. The molecule has 1 aromatic carbocycles. The average Bonchev–Trinajstić information content (AvgIpc) is 2.02. The number of phenolic OH excluding ortho intramolecular Hbond substituents is 1. The van der Waals surface area contributed by atoms with Crippen LogP contribution in [-0.4, -0.2) is 16.7 Å². The third-order valence-corrected chi connectivity index (χ3v) is 1.68. The van der Waals surface area contributed by atoms with E-state index in [0.29, 0.717) is 0 Å². The van der Waals surface area contributed by atoms with Gasteiger partial charge in [0, 0.05) is 5.56 Å². The monoisotopic (exact) mass is 177 g/mol. The number of carbonyl (C=O) groups is 2. The Hall–Kier alpha value is -1.64. The standard InChI is InChI=1S/C10H9O3/c1-6(11)8-4-3-5-9(13)10(8)7(2)12/h3,5,13H,1-2H3. The van der Waals surface area contributed by atoms with Crippen LogP contribution in [0.2, 0.25) is 0 Å². The van der Waals surface area contributed by atoms with E-state index in [1.54, 1.807) is 0 Å². The number of aromatic hydroxyl groups is 1. The quantitative estimate of drug-likeness (QED) is 0.698. The lowest BCUT2D eigenvalue weighted by Crippen LogP contribution is -2.04. The van der Waals surface area contributed by atoms with Crippen molar-refractivity contribution in [2.24, 2.45) is 0 Å². The molecule has 0 aliphatic rings. The maximum atomic E-state index is 11.1. The van der Waals surface area contributed by atoms with E-state index >= 15 is 0 Å². The van der Waals surface area contributed by atoms with Crippen LogP contribution >= 0.6 is 0 Å². The molecule has 1 aromatic rings. The van der Waals surface area contributed by atoms with Gasteiger partial charge in [0.1, 0.15) is 5.75 Å². The number of hydrogen-bond donors (Lipinski definition) is 1. The van der Waals surface area contributed by atoms with Crippen LogP contribution in [0.4, 0.5) is 0 Å². The highest BCUT2D eigenvalue weighted by atomic mass is 16.3. The molecule has 0 amide bonds. The van der Waals surface area contributed by atoms with Crippen molar-refractivity contribution in [2.45, 2.75) is 13.8 Å². The van der Waals surface area contributed by atoms with E-state index in [-0.39, 0.29) is 28.4 Å². The zero-order valence-electron chi connectivity index (χ0n) is 7.42. The molecule has 0 saturated heterocycles. The molecule has 0 spiro atoms. The van der Waals surface area contributed by atoms with Gasteiger partial charge in [-0.3, -0.25) is 9.59 Å².